The number of hydrogen-bond donors (Lipinski definition) is 2. The average Bonchev–Trinajstić information content (AvgIpc) is 3.14. The van der Waals surface area contributed by atoms with E-state index in [9.17, 15) is 9.59 Å². The maximum absolute atomic E-state index is 12.7. The number of carbonyl (C=O) groups excluding carboxylic acids is 2. The number of nitrogens with two attached hydrogens (primary N) is 1. The summed E-state index contributed by atoms with van der Waals surface area (Å²) in [5, 5.41) is 4.88. The Morgan fingerprint density at radius 1 is 1.32 bits per heavy atom. The normalized spacial score (nSPS) is 20.6. The van der Waals surface area contributed by atoms with Crippen LogP contribution in [0.4, 0.5) is 5.69 Å². The molecular formula is C19H23N3O2S. The molecule has 1 fully saturated rings. The molecule has 1 aliphatic heterocycles. The monoisotopic (exact) mass is 357 g/mol. The molecule has 25 heavy (non-hydrogen) atoms. The van der Waals surface area contributed by atoms with Gasteiger partial charge < -0.3 is 16.0 Å². The Kier molecular flexibility index (Phi) is 5.50. The van der Waals surface area contributed by atoms with Gasteiger partial charge in [-0.1, -0.05) is 23.8 Å². The first-order chi connectivity index (χ1) is 12.1. The molecule has 2 heterocycles. The Morgan fingerprint density at radius 2 is 2.08 bits per heavy atom. The molecule has 0 aliphatic carbocycles. The van der Waals surface area contributed by atoms with E-state index in [1.165, 1.54) is 0 Å². The van der Waals surface area contributed by atoms with Gasteiger partial charge in [-0.25, -0.2) is 0 Å². The highest BCUT2D eigenvalue weighted by atomic mass is 32.1. The van der Waals surface area contributed by atoms with Gasteiger partial charge in [0.2, 0.25) is 11.8 Å². The van der Waals surface area contributed by atoms with Crippen molar-refractivity contribution in [2.24, 2.45) is 11.7 Å². The Labute approximate surface area is 151 Å². The van der Waals surface area contributed by atoms with E-state index in [0.29, 0.717) is 25.9 Å². The molecule has 6 heteroatoms. The SMILES string of the molecule is Cc1ccc(N2C(=O)CCC(C(=O)NCCN)C2c2cccs2)cc1. The molecule has 2 unspecified atom stereocenters. The van der Waals surface area contributed by atoms with Crippen LogP contribution in [0.25, 0.3) is 0 Å². The molecule has 0 spiro atoms. The summed E-state index contributed by atoms with van der Waals surface area (Å²) in [5.41, 5.74) is 7.49. The second-order valence-corrected chi connectivity index (χ2v) is 7.26. The first-order valence-electron chi connectivity index (χ1n) is 8.51. The third-order valence-electron chi connectivity index (χ3n) is 4.52. The van der Waals surface area contributed by atoms with Crippen LogP contribution in [0.15, 0.2) is 41.8 Å². The fourth-order valence-corrected chi connectivity index (χ4v) is 4.17. The maximum Gasteiger partial charge on any atom is 0.227 e. The molecule has 0 bridgehead atoms. The molecule has 1 aromatic carbocycles. The smallest absolute Gasteiger partial charge is 0.227 e. The molecule has 0 saturated carbocycles. The molecule has 0 radical (unpaired) electrons. The highest BCUT2D eigenvalue weighted by Gasteiger charge is 2.41. The maximum atomic E-state index is 12.7. The van der Waals surface area contributed by atoms with Gasteiger partial charge in [-0.3, -0.25) is 9.59 Å². The van der Waals surface area contributed by atoms with E-state index in [2.05, 4.69) is 5.32 Å². The van der Waals surface area contributed by atoms with Gasteiger partial charge in [0.1, 0.15) is 0 Å². The predicted octanol–water partition coefficient (Wildman–Crippen LogP) is 2.62. The van der Waals surface area contributed by atoms with Crippen molar-refractivity contribution in [1.82, 2.24) is 5.32 Å². The Morgan fingerprint density at radius 3 is 2.72 bits per heavy atom. The second-order valence-electron chi connectivity index (χ2n) is 6.28. The van der Waals surface area contributed by atoms with Crippen LogP contribution in [-0.4, -0.2) is 24.9 Å². The van der Waals surface area contributed by atoms with Crippen LogP contribution in [0.2, 0.25) is 0 Å². The summed E-state index contributed by atoms with van der Waals surface area (Å²) >= 11 is 1.58. The Balaban J connectivity index is 1.99. The molecule has 1 aliphatic rings. The number of hydrogen-bond acceptors (Lipinski definition) is 4. The minimum atomic E-state index is -0.276. The number of benzene rings is 1. The fraction of sp³-hybridized carbons (Fsp3) is 0.368. The van der Waals surface area contributed by atoms with Gasteiger partial charge in [0, 0.05) is 30.1 Å². The summed E-state index contributed by atoms with van der Waals surface area (Å²) < 4.78 is 0. The minimum Gasteiger partial charge on any atom is -0.355 e. The van der Waals surface area contributed by atoms with E-state index in [1.807, 2.05) is 48.7 Å². The number of rotatable bonds is 5. The van der Waals surface area contributed by atoms with Gasteiger partial charge in [-0.2, -0.15) is 0 Å². The standard InChI is InChI=1S/C19H23N3O2S/c1-13-4-6-14(7-5-13)22-17(23)9-8-15(19(24)21-11-10-20)18(22)16-3-2-12-25-16/h2-7,12,15,18H,8-11,20H2,1H3,(H,21,24). The summed E-state index contributed by atoms with van der Waals surface area (Å²) in [7, 11) is 0. The number of aryl methyl sites for hydroxylation is 1. The van der Waals surface area contributed by atoms with E-state index >= 15 is 0 Å². The molecule has 2 aromatic rings. The molecule has 3 N–H and O–H groups in total. The quantitative estimate of drug-likeness (QED) is 0.864. The zero-order valence-corrected chi connectivity index (χ0v) is 15.1. The molecule has 2 atom stereocenters. The van der Waals surface area contributed by atoms with Crippen LogP contribution in [-0.2, 0) is 9.59 Å². The van der Waals surface area contributed by atoms with Gasteiger partial charge in [-0.15, -0.1) is 11.3 Å². The van der Waals surface area contributed by atoms with Crippen LogP contribution >= 0.6 is 11.3 Å². The van der Waals surface area contributed by atoms with E-state index in [1.54, 1.807) is 16.2 Å². The molecule has 1 aromatic heterocycles. The van der Waals surface area contributed by atoms with Gasteiger partial charge >= 0.3 is 0 Å². The van der Waals surface area contributed by atoms with E-state index in [0.717, 1.165) is 16.1 Å². The second kappa shape index (κ2) is 7.80. The number of thiophene rings is 1. The topological polar surface area (TPSA) is 75.4 Å². The van der Waals surface area contributed by atoms with Gasteiger partial charge in [0.15, 0.2) is 0 Å². The van der Waals surface area contributed by atoms with Crippen molar-refractivity contribution in [1.29, 1.82) is 0 Å². The summed E-state index contributed by atoms with van der Waals surface area (Å²) in [6, 6.07) is 11.6. The molecular weight excluding hydrogens is 334 g/mol. The number of nitrogens with one attached hydrogen (secondary N) is 1. The summed E-state index contributed by atoms with van der Waals surface area (Å²) in [4.78, 5) is 28.3. The molecule has 2 amide bonds. The fourth-order valence-electron chi connectivity index (χ4n) is 3.29. The number of piperidine rings is 1. The third-order valence-corrected chi connectivity index (χ3v) is 5.47. The van der Waals surface area contributed by atoms with Crippen LogP contribution < -0.4 is 16.0 Å². The van der Waals surface area contributed by atoms with Gasteiger partial charge in [-0.05, 0) is 36.9 Å². The first-order valence-corrected chi connectivity index (χ1v) is 9.39. The highest BCUT2D eigenvalue weighted by molar-refractivity contribution is 7.10. The zero-order valence-electron chi connectivity index (χ0n) is 14.3. The molecule has 5 nitrogen and oxygen atoms in total. The van der Waals surface area contributed by atoms with Crippen LogP contribution in [0.1, 0.15) is 29.3 Å². The van der Waals surface area contributed by atoms with Crippen molar-refractivity contribution in [3.8, 4) is 0 Å². The lowest BCUT2D eigenvalue weighted by Crippen LogP contribution is -2.48. The number of carbonyl (C=O) groups is 2. The predicted molar refractivity (Wildman–Crippen MR) is 101 cm³/mol. The Bertz CT molecular complexity index is 728. The van der Waals surface area contributed by atoms with E-state index < -0.39 is 0 Å². The minimum absolute atomic E-state index is 0.0338. The van der Waals surface area contributed by atoms with Gasteiger partial charge in [0.05, 0.1) is 12.0 Å². The van der Waals surface area contributed by atoms with Crippen molar-refractivity contribution in [3.63, 3.8) is 0 Å². The molecule has 132 valence electrons. The number of anilines is 1. The van der Waals surface area contributed by atoms with Crippen LogP contribution in [0, 0.1) is 12.8 Å². The largest absolute Gasteiger partial charge is 0.355 e. The highest BCUT2D eigenvalue weighted by Crippen LogP contribution is 2.41. The van der Waals surface area contributed by atoms with Crippen LogP contribution in [0.5, 0.6) is 0 Å². The third kappa shape index (κ3) is 3.75. The lowest BCUT2D eigenvalue weighted by Gasteiger charge is -2.40. The lowest BCUT2D eigenvalue weighted by atomic mass is 9.86. The van der Waals surface area contributed by atoms with E-state index in [4.69, 9.17) is 5.73 Å². The van der Waals surface area contributed by atoms with Crippen molar-refractivity contribution in [3.05, 3.63) is 52.2 Å². The number of nitrogens with zero attached hydrogens (tertiary/aromatic N) is 1. The summed E-state index contributed by atoms with van der Waals surface area (Å²) in [6.07, 6.45) is 0.927. The van der Waals surface area contributed by atoms with E-state index in [-0.39, 0.29) is 23.8 Å². The van der Waals surface area contributed by atoms with Crippen molar-refractivity contribution < 1.29 is 9.59 Å². The van der Waals surface area contributed by atoms with Crippen LogP contribution in [0.3, 0.4) is 0 Å². The first kappa shape index (κ1) is 17.6. The molecule has 3 rings (SSSR count). The summed E-state index contributed by atoms with van der Waals surface area (Å²) in [6.45, 7) is 2.87. The lowest BCUT2D eigenvalue weighted by molar-refractivity contribution is -0.129. The molecule has 1 saturated heterocycles. The summed E-state index contributed by atoms with van der Waals surface area (Å²) in [5.74, 6) is -0.247. The zero-order chi connectivity index (χ0) is 17.8. The van der Waals surface area contributed by atoms with Crippen molar-refractivity contribution in [2.45, 2.75) is 25.8 Å². The Hall–Kier alpha value is -2.18. The average molecular weight is 357 g/mol. The van der Waals surface area contributed by atoms with Crippen molar-refractivity contribution in [2.75, 3.05) is 18.0 Å². The van der Waals surface area contributed by atoms with Gasteiger partial charge in [0.25, 0.3) is 0 Å². The van der Waals surface area contributed by atoms with Crippen molar-refractivity contribution >= 4 is 28.8 Å². The number of amides is 2.